The van der Waals surface area contributed by atoms with Crippen LogP contribution in [0, 0.1) is 0 Å². The average Bonchev–Trinajstić information content (AvgIpc) is 2.56. The van der Waals surface area contributed by atoms with E-state index >= 15 is 0 Å². The number of benzene rings is 1. The maximum atomic E-state index is 5.37. The molecule has 0 aliphatic carbocycles. The molecule has 0 bridgehead atoms. The van der Waals surface area contributed by atoms with Gasteiger partial charge in [0.05, 0.1) is 6.04 Å². The number of ether oxygens (including phenoxy) is 1. The molecule has 0 unspecified atom stereocenters. The van der Waals surface area contributed by atoms with E-state index in [1.165, 1.54) is 17.5 Å². The lowest BCUT2D eigenvalue weighted by Gasteiger charge is -2.21. The summed E-state index contributed by atoms with van der Waals surface area (Å²) < 4.78 is 5.03. The van der Waals surface area contributed by atoms with Crippen LogP contribution in [-0.2, 0) is 4.74 Å². The van der Waals surface area contributed by atoms with Crippen molar-refractivity contribution >= 4 is 17.3 Å². The van der Waals surface area contributed by atoms with Crippen molar-refractivity contribution in [2.24, 2.45) is 0 Å². The van der Waals surface area contributed by atoms with Gasteiger partial charge in [-0.3, -0.25) is 0 Å². The van der Waals surface area contributed by atoms with Crippen molar-refractivity contribution in [3.63, 3.8) is 0 Å². The van der Waals surface area contributed by atoms with Gasteiger partial charge in [-0.1, -0.05) is 45.0 Å². The van der Waals surface area contributed by atoms with Gasteiger partial charge >= 0.3 is 0 Å². The van der Waals surface area contributed by atoms with E-state index in [2.05, 4.69) is 55.7 Å². The van der Waals surface area contributed by atoms with Crippen molar-refractivity contribution in [2.45, 2.75) is 52.0 Å². The van der Waals surface area contributed by atoms with Gasteiger partial charge in [-0.2, -0.15) is 0 Å². The minimum absolute atomic E-state index is 0.258. The summed E-state index contributed by atoms with van der Waals surface area (Å²) in [6, 6.07) is 9.17. The quantitative estimate of drug-likeness (QED) is 0.528. The minimum atomic E-state index is 0.258. The molecule has 2 N–H and O–H groups in total. The molecule has 1 rings (SSSR count). The Morgan fingerprint density at radius 2 is 1.77 bits per heavy atom. The van der Waals surface area contributed by atoms with Gasteiger partial charge < -0.3 is 15.4 Å². The van der Waals surface area contributed by atoms with Gasteiger partial charge in [0.2, 0.25) is 0 Å². The molecule has 0 spiro atoms. The zero-order valence-electron chi connectivity index (χ0n) is 14.3. The first-order valence-corrected chi connectivity index (χ1v) is 8.66. The highest BCUT2D eigenvalue weighted by Gasteiger charge is 2.11. The third-order valence-corrected chi connectivity index (χ3v) is 4.31. The summed E-state index contributed by atoms with van der Waals surface area (Å²) in [4.78, 5) is 0. The Labute approximate surface area is 140 Å². The molecule has 22 heavy (non-hydrogen) atoms. The number of rotatable bonds is 9. The first-order valence-electron chi connectivity index (χ1n) is 8.25. The number of thiocarbonyl (C=S) groups is 1. The lowest BCUT2D eigenvalue weighted by atomic mass is 9.95. The van der Waals surface area contributed by atoms with Crippen molar-refractivity contribution in [2.75, 3.05) is 20.3 Å². The van der Waals surface area contributed by atoms with Crippen LogP contribution in [0.3, 0.4) is 0 Å². The number of nitrogens with one attached hydrogen (secondary N) is 2. The Morgan fingerprint density at radius 1 is 1.14 bits per heavy atom. The van der Waals surface area contributed by atoms with Crippen LogP contribution in [0.2, 0.25) is 0 Å². The van der Waals surface area contributed by atoms with Gasteiger partial charge in [0.1, 0.15) is 0 Å². The Morgan fingerprint density at radius 3 is 2.32 bits per heavy atom. The van der Waals surface area contributed by atoms with Crippen molar-refractivity contribution < 1.29 is 4.74 Å². The molecular weight excluding hydrogens is 292 g/mol. The summed E-state index contributed by atoms with van der Waals surface area (Å²) >= 11 is 5.37. The Bertz CT molecular complexity index is 433. The van der Waals surface area contributed by atoms with E-state index < -0.39 is 0 Å². The molecular formula is C18H30N2OS. The van der Waals surface area contributed by atoms with Gasteiger partial charge in [-0.15, -0.1) is 0 Å². The fourth-order valence-corrected chi connectivity index (χ4v) is 2.59. The lowest BCUT2D eigenvalue weighted by molar-refractivity contribution is 0.195. The lowest BCUT2D eigenvalue weighted by Crippen LogP contribution is -2.38. The second-order valence-electron chi connectivity index (χ2n) is 5.68. The summed E-state index contributed by atoms with van der Waals surface area (Å²) in [6.07, 6.45) is 3.13. The van der Waals surface area contributed by atoms with Gasteiger partial charge in [-0.25, -0.2) is 0 Å². The zero-order chi connectivity index (χ0) is 16.4. The molecule has 0 saturated carbocycles. The Hall–Kier alpha value is -1.13. The van der Waals surface area contributed by atoms with E-state index in [9.17, 15) is 0 Å². The van der Waals surface area contributed by atoms with E-state index in [4.69, 9.17) is 17.0 Å². The van der Waals surface area contributed by atoms with E-state index in [0.717, 1.165) is 26.0 Å². The van der Waals surface area contributed by atoms with Gasteiger partial charge in [-0.05, 0) is 48.5 Å². The zero-order valence-corrected chi connectivity index (χ0v) is 15.1. The van der Waals surface area contributed by atoms with Gasteiger partial charge in [0.25, 0.3) is 0 Å². The molecule has 3 nitrogen and oxygen atoms in total. The maximum absolute atomic E-state index is 5.37. The van der Waals surface area contributed by atoms with Crippen molar-refractivity contribution in [3.8, 4) is 0 Å². The van der Waals surface area contributed by atoms with E-state index in [-0.39, 0.29) is 6.04 Å². The number of hydrogen-bond acceptors (Lipinski definition) is 2. The van der Waals surface area contributed by atoms with Crippen LogP contribution in [-0.4, -0.2) is 25.4 Å². The molecule has 0 aromatic heterocycles. The van der Waals surface area contributed by atoms with Crippen molar-refractivity contribution in [3.05, 3.63) is 35.4 Å². The highest BCUT2D eigenvalue weighted by molar-refractivity contribution is 7.80. The normalized spacial score (nSPS) is 13.5. The molecule has 124 valence electrons. The maximum Gasteiger partial charge on any atom is 0.166 e. The second-order valence-corrected chi connectivity index (χ2v) is 6.09. The molecule has 0 aliphatic rings. The standard InChI is InChI=1S/C18H30N2OS/c1-5-14(3)15-8-10-16(11-9-15)17(6-2)20-18(22)19-12-7-13-21-4/h8-11,14,17H,5-7,12-13H2,1-4H3,(H2,19,20,22)/t14-,17-/m1/s1. The summed E-state index contributed by atoms with van der Waals surface area (Å²) in [5, 5.41) is 7.35. The highest BCUT2D eigenvalue weighted by atomic mass is 32.1. The molecule has 0 amide bonds. The van der Waals surface area contributed by atoms with Crippen molar-refractivity contribution in [1.29, 1.82) is 0 Å². The molecule has 0 saturated heterocycles. The molecule has 2 atom stereocenters. The van der Waals surface area contributed by atoms with Crippen molar-refractivity contribution in [1.82, 2.24) is 10.6 Å². The first-order chi connectivity index (χ1) is 10.6. The third kappa shape index (κ3) is 6.32. The first kappa shape index (κ1) is 18.9. The number of hydrogen-bond donors (Lipinski definition) is 2. The summed E-state index contributed by atoms with van der Waals surface area (Å²) in [5.41, 5.74) is 2.69. The Balaban J connectivity index is 2.54. The van der Waals surface area contributed by atoms with Gasteiger partial charge in [0, 0.05) is 20.3 Å². The van der Waals surface area contributed by atoms with Crippen LogP contribution in [0.15, 0.2) is 24.3 Å². The van der Waals surface area contributed by atoms with Crippen LogP contribution < -0.4 is 10.6 Å². The van der Waals surface area contributed by atoms with Gasteiger partial charge in [0.15, 0.2) is 5.11 Å². The van der Waals surface area contributed by atoms with E-state index in [1.807, 2.05) is 0 Å². The van der Waals surface area contributed by atoms with Crippen LogP contribution in [0.1, 0.15) is 63.1 Å². The minimum Gasteiger partial charge on any atom is -0.385 e. The topological polar surface area (TPSA) is 33.3 Å². The van der Waals surface area contributed by atoms with Crippen LogP contribution in [0.4, 0.5) is 0 Å². The monoisotopic (exact) mass is 322 g/mol. The predicted molar refractivity (Wildman–Crippen MR) is 98.4 cm³/mol. The second kappa shape index (κ2) is 10.6. The molecule has 0 aliphatic heterocycles. The largest absolute Gasteiger partial charge is 0.385 e. The third-order valence-electron chi connectivity index (χ3n) is 4.04. The molecule has 4 heteroatoms. The summed E-state index contributed by atoms with van der Waals surface area (Å²) in [5.74, 6) is 0.616. The van der Waals surface area contributed by atoms with Crippen LogP contribution in [0.5, 0.6) is 0 Å². The molecule has 1 aromatic carbocycles. The summed E-state index contributed by atoms with van der Waals surface area (Å²) in [6.45, 7) is 8.26. The molecule has 0 radical (unpaired) electrons. The molecule has 1 aromatic rings. The van der Waals surface area contributed by atoms with E-state index in [0.29, 0.717) is 11.0 Å². The molecule has 0 heterocycles. The molecule has 0 fully saturated rings. The Kier molecular flexibility index (Phi) is 9.09. The highest BCUT2D eigenvalue weighted by Crippen LogP contribution is 2.22. The predicted octanol–water partition coefficient (Wildman–Crippen LogP) is 4.15. The average molecular weight is 323 g/mol. The smallest absolute Gasteiger partial charge is 0.166 e. The fraction of sp³-hybridized carbons (Fsp3) is 0.611. The van der Waals surface area contributed by atoms with E-state index in [1.54, 1.807) is 7.11 Å². The summed E-state index contributed by atoms with van der Waals surface area (Å²) in [7, 11) is 1.72. The van der Waals surface area contributed by atoms with Crippen LogP contribution >= 0.6 is 12.2 Å². The van der Waals surface area contributed by atoms with Crippen LogP contribution in [0.25, 0.3) is 0 Å². The fourth-order valence-electron chi connectivity index (χ4n) is 2.34. The number of methoxy groups -OCH3 is 1. The SMILES string of the molecule is CC[C@@H](C)c1ccc([C@@H](CC)NC(=S)NCCCOC)cc1.